The van der Waals surface area contributed by atoms with E-state index >= 15 is 0 Å². The first kappa shape index (κ1) is 13.6. The molecule has 0 unspecified atom stereocenters. The molecule has 0 atom stereocenters. The van der Waals surface area contributed by atoms with Crippen molar-refractivity contribution in [2.45, 2.75) is 20.3 Å². The number of Topliss-reactive ketones (excluding diaryl/α,β-unsaturated/α-hetero) is 1. The van der Waals surface area contributed by atoms with Gasteiger partial charge in [0.25, 0.3) is 0 Å². The topological polar surface area (TPSA) is 36.4 Å². The van der Waals surface area contributed by atoms with Crippen molar-refractivity contribution >= 4 is 17.1 Å². The SMILES string of the molecule is CCN1CCN(CCc2nc(C(C)=O)cs2)CC1. The number of carbonyl (C=O) groups is 1. The summed E-state index contributed by atoms with van der Waals surface area (Å²) in [5.41, 5.74) is 0.616. The number of carbonyl (C=O) groups excluding carboxylic acids is 1. The molecule has 0 bridgehead atoms. The van der Waals surface area contributed by atoms with Gasteiger partial charge in [0.2, 0.25) is 0 Å². The molecule has 0 aliphatic carbocycles. The zero-order valence-corrected chi connectivity index (χ0v) is 12.0. The van der Waals surface area contributed by atoms with Gasteiger partial charge in [-0.2, -0.15) is 0 Å². The molecular formula is C13H21N3OS. The van der Waals surface area contributed by atoms with Gasteiger partial charge >= 0.3 is 0 Å². The molecule has 1 saturated heterocycles. The van der Waals surface area contributed by atoms with Crippen LogP contribution < -0.4 is 0 Å². The number of piperazine rings is 1. The fourth-order valence-corrected chi connectivity index (χ4v) is 3.00. The minimum absolute atomic E-state index is 0.0639. The Labute approximate surface area is 113 Å². The maximum Gasteiger partial charge on any atom is 0.178 e. The Hall–Kier alpha value is -0.780. The van der Waals surface area contributed by atoms with Gasteiger partial charge in [0.05, 0.1) is 5.01 Å². The Kier molecular flexibility index (Phi) is 4.86. The van der Waals surface area contributed by atoms with Gasteiger partial charge in [-0.05, 0) is 6.54 Å². The van der Waals surface area contributed by atoms with Crippen LogP contribution in [0.5, 0.6) is 0 Å². The summed E-state index contributed by atoms with van der Waals surface area (Å²) in [6, 6.07) is 0. The van der Waals surface area contributed by atoms with Crippen molar-refractivity contribution in [3.8, 4) is 0 Å². The van der Waals surface area contributed by atoms with Crippen molar-refractivity contribution in [2.24, 2.45) is 0 Å². The quantitative estimate of drug-likeness (QED) is 0.758. The molecule has 1 aromatic rings. The monoisotopic (exact) mass is 267 g/mol. The second-order valence-corrected chi connectivity index (χ2v) is 5.65. The molecule has 1 aliphatic rings. The van der Waals surface area contributed by atoms with E-state index in [0.717, 1.165) is 37.6 Å². The predicted octanol–water partition coefficient (Wildman–Crippen LogP) is 1.53. The average molecular weight is 267 g/mol. The highest BCUT2D eigenvalue weighted by atomic mass is 32.1. The highest BCUT2D eigenvalue weighted by molar-refractivity contribution is 7.09. The molecule has 5 heteroatoms. The summed E-state index contributed by atoms with van der Waals surface area (Å²) in [7, 11) is 0. The number of ketones is 1. The van der Waals surface area contributed by atoms with Crippen LogP contribution in [0.4, 0.5) is 0 Å². The number of aromatic nitrogens is 1. The minimum atomic E-state index is 0.0639. The smallest absolute Gasteiger partial charge is 0.178 e. The van der Waals surface area contributed by atoms with Crippen LogP contribution in [-0.2, 0) is 6.42 Å². The lowest BCUT2D eigenvalue weighted by Gasteiger charge is -2.33. The van der Waals surface area contributed by atoms with Gasteiger partial charge in [0.15, 0.2) is 5.78 Å². The van der Waals surface area contributed by atoms with E-state index in [2.05, 4.69) is 21.7 Å². The molecule has 1 aliphatic heterocycles. The fourth-order valence-electron chi connectivity index (χ4n) is 2.17. The largest absolute Gasteiger partial charge is 0.301 e. The molecule has 0 amide bonds. The maximum absolute atomic E-state index is 11.2. The highest BCUT2D eigenvalue weighted by Gasteiger charge is 2.15. The summed E-state index contributed by atoms with van der Waals surface area (Å²) in [5.74, 6) is 0.0639. The molecule has 2 heterocycles. The number of rotatable bonds is 5. The van der Waals surface area contributed by atoms with Gasteiger partial charge in [-0.1, -0.05) is 6.92 Å². The van der Waals surface area contributed by atoms with E-state index in [1.54, 1.807) is 18.3 Å². The number of likely N-dealkylation sites (N-methyl/N-ethyl adjacent to an activating group) is 1. The lowest BCUT2D eigenvalue weighted by molar-refractivity contribution is 0.101. The zero-order chi connectivity index (χ0) is 13.0. The summed E-state index contributed by atoms with van der Waals surface area (Å²) in [4.78, 5) is 20.5. The Morgan fingerprint density at radius 2 is 2.00 bits per heavy atom. The Morgan fingerprint density at radius 3 is 2.56 bits per heavy atom. The van der Waals surface area contributed by atoms with Crippen molar-refractivity contribution in [1.82, 2.24) is 14.8 Å². The molecule has 0 N–H and O–H groups in total. The molecule has 0 aromatic carbocycles. The van der Waals surface area contributed by atoms with E-state index in [9.17, 15) is 4.79 Å². The molecule has 18 heavy (non-hydrogen) atoms. The van der Waals surface area contributed by atoms with Crippen LogP contribution in [0.15, 0.2) is 5.38 Å². The third kappa shape index (κ3) is 3.60. The van der Waals surface area contributed by atoms with E-state index in [0.29, 0.717) is 5.69 Å². The number of thiazole rings is 1. The van der Waals surface area contributed by atoms with Crippen LogP contribution in [0.1, 0.15) is 29.3 Å². The molecular weight excluding hydrogens is 246 g/mol. The van der Waals surface area contributed by atoms with Crippen molar-refractivity contribution in [2.75, 3.05) is 39.3 Å². The minimum Gasteiger partial charge on any atom is -0.301 e. The number of hydrogen-bond acceptors (Lipinski definition) is 5. The molecule has 1 aromatic heterocycles. The first-order valence-corrected chi connectivity index (χ1v) is 7.47. The summed E-state index contributed by atoms with van der Waals surface area (Å²) in [5, 5.41) is 2.95. The standard InChI is InChI=1S/C13H21N3OS/c1-3-15-6-8-16(9-7-15)5-4-13-14-12(10-18-13)11(2)17/h10H,3-9H2,1-2H3. The Balaban J connectivity index is 1.76. The Morgan fingerprint density at radius 1 is 1.33 bits per heavy atom. The van der Waals surface area contributed by atoms with Gasteiger partial charge in [-0.25, -0.2) is 4.98 Å². The van der Waals surface area contributed by atoms with Crippen LogP contribution in [0.25, 0.3) is 0 Å². The van der Waals surface area contributed by atoms with Crippen LogP contribution in [0, 0.1) is 0 Å². The van der Waals surface area contributed by atoms with Crippen molar-refractivity contribution in [3.63, 3.8) is 0 Å². The number of nitrogens with zero attached hydrogens (tertiary/aromatic N) is 3. The van der Waals surface area contributed by atoms with Crippen LogP contribution in [0.2, 0.25) is 0 Å². The van der Waals surface area contributed by atoms with Crippen molar-refractivity contribution < 1.29 is 4.79 Å². The van der Waals surface area contributed by atoms with E-state index in [-0.39, 0.29) is 5.78 Å². The Bertz CT molecular complexity index is 397. The van der Waals surface area contributed by atoms with Crippen molar-refractivity contribution in [1.29, 1.82) is 0 Å². The van der Waals surface area contributed by atoms with Gasteiger partial charge in [-0.15, -0.1) is 11.3 Å². The fraction of sp³-hybridized carbons (Fsp3) is 0.692. The lowest BCUT2D eigenvalue weighted by atomic mass is 10.3. The van der Waals surface area contributed by atoms with E-state index in [1.165, 1.54) is 13.1 Å². The molecule has 100 valence electrons. The van der Waals surface area contributed by atoms with Crippen LogP contribution in [-0.4, -0.2) is 59.8 Å². The summed E-state index contributed by atoms with van der Waals surface area (Å²) < 4.78 is 0. The molecule has 4 nitrogen and oxygen atoms in total. The average Bonchev–Trinajstić information content (AvgIpc) is 2.86. The predicted molar refractivity (Wildman–Crippen MR) is 74.4 cm³/mol. The zero-order valence-electron chi connectivity index (χ0n) is 11.2. The van der Waals surface area contributed by atoms with Crippen molar-refractivity contribution in [3.05, 3.63) is 16.1 Å². The third-order valence-corrected chi connectivity index (χ3v) is 4.38. The summed E-state index contributed by atoms with van der Waals surface area (Å²) in [6.45, 7) is 10.7. The lowest BCUT2D eigenvalue weighted by Crippen LogP contribution is -2.46. The molecule has 1 fully saturated rings. The summed E-state index contributed by atoms with van der Waals surface area (Å²) in [6.07, 6.45) is 0.962. The van der Waals surface area contributed by atoms with Crippen LogP contribution in [0.3, 0.4) is 0 Å². The van der Waals surface area contributed by atoms with Gasteiger partial charge in [0.1, 0.15) is 5.69 Å². The third-order valence-electron chi connectivity index (χ3n) is 3.47. The van der Waals surface area contributed by atoms with E-state index < -0.39 is 0 Å². The second-order valence-electron chi connectivity index (χ2n) is 4.71. The highest BCUT2D eigenvalue weighted by Crippen LogP contribution is 2.12. The van der Waals surface area contributed by atoms with Gasteiger partial charge < -0.3 is 9.80 Å². The van der Waals surface area contributed by atoms with E-state index in [4.69, 9.17) is 0 Å². The second kappa shape index (κ2) is 6.41. The molecule has 2 rings (SSSR count). The molecule has 0 spiro atoms. The normalized spacial score (nSPS) is 18.1. The number of hydrogen-bond donors (Lipinski definition) is 0. The van der Waals surface area contributed by atoms with Crippen LogP contribution >= 0.6 is 11.3 Å². The van der Waals surface area contributed by atoms with Gasteiger partial charge in [-0.3, -0.25) is 4.79 Å². The summed E-state index contributed by atoms with van der Waals surface area (Å²) >= 11 is 1.60. The molecule has 0 saturated carbocycles. The first-order chi connectivity index (χ1) is 8.69. The molecule has 0 radical (unpaired) electrons. The van der Waals surface area contributed by atoms with Gasteiger partial charge in [0, 0.05) is 51.4 Å². The maximum atomic E-state index is 11.2. The van der Waals surface area contributed by atoms with E-state index in [1.807, 2.05) is 5.38 Å². The first-order valence-electron chi connectivity index (χ1n) is 6.59.